The molecule has 0 radical (unpaired) electrons. The fourth-order valence-electron chi connectivity index (χ4n) is 7.74. The van der Waals surface area contributed by atoms with Gasteiger partial charge in [-0.2, -0.15) is 0 Å². The molecule has 0 spiro atoms. The van der Waals surface area contributed by atoms with Crippen molar-refractivity contribution in [3.63, 3.8) is 0 Å². The van der Waals surface area contributed by atoms with Crippen LogP contribution in [0.4, 0.5) is 0 Å². The molecule has 0 heterocycles. The molecule has 0 aromatic heterocycles. The summed E-state index contributed by atoms with van der Waals surface area (Å²) in [6, 6.07) is 15.4. The topological polar surface area (TPSA) is 73.6 Å². The van der Waals surface area contributed by atoms with Gasteiger partial charge < -0.3 is 20.5 Å². The first-order chi connectivity index (χ1) is 20.6. The van der Waals surface area contributed by atoms with Crippen LogP contribution in [0, 0.1) is 29.6 Å². The maximum atomic E-state index is 12.4. The van der Waals surface area contributed by atoms with E-state index in [1.54, 1.807) is 14.2 Å². The van der Waals surface area contributed by atoms with Crippen LogP contribution in [0.3, 0.4) is 0 Å². The van der Waals surface area contributed by atoms with Gasteiger partial charge in [-0.15, -0.1) is 12.3 Å². The van der Waals surface area contributed by atoms with E-state index in [1.807, 2.05) is 0 Å². The zero-order valence-electron chi connectivity index (χ0n) is 27.2. The van der Waals surface area contributed by atoms with E-state index in [2.05, 4.69) is 87.5 Å². The Balaban J connectivity index is 1.71. The van der Waals surface area contributed by atoms with Crippen molar-refractivity contribution in [3.8, 4) is 23.8 Å². The number of terminal acetylenes is 1. The molecule has 2 bridgehead atoms. The van der Waals surface area contributed by atoms with Gasteiger partial charge in [0.1, 0.15) is 11.5 Å². The highest BCUT2D eigenvalue weighted by molar-refractivity contribution is 5.76. The number of nitrogens with one attached hydrogen (secondary N) is 1. The van der Waals surface area contributed by atoms with E-state index in [9.17, 15) is 4.79 Å². The molecule has 1 amide bonds. The fourth-order valence-corrected chi connectivity index (χ4v) is 7.74. The van der Waals surface area contributed by atoms with Crippen LogP contribution >= 0.6 is 0 Å². The maximum absolute atomic E-state index is 12.4. The zero-order chi connectivity index (χ0) is 31.2. The van der Waals surface area contributed by atoms with Crippen LogP contribution in [0.5, 0.6) is 11.5 Å². The lowest BCUT2D eigenvalue weighted by Crippen LogP contribution is -2.52. The molecule has 3 aliphatic carbocycles. The van der Waals surface area contributed by atoms with Crippen LogP contribution in [-0.2, 0) is 10.2 Å². The number of rotatable bonds is 15. The molecule has 2 aromatic rings. The molecule has 5 heteroatoms. The number of fused-ring (bicyclic) bond motifs is 1. The first-order valence-electron chi connectivity index (χ1n) is 16.0. The lowest BCUT2D eigenvalue weighted by Gasteiger charge is -2.59. The second-order valence-corrected chi connectivity index (χ2v) is 13.6. The van der Waals surface area contributed by atoms with Gasteiger partial charge >= 0.3 is 0 Å². The highest BCUT2D eigenvalue weighted by atomic mass is 16.5. The molecule has 1 fully saturated rings. The van der Waals surface area contributed by atoms with E-state index in [4.69, 9.17) is 21.6 Å². The third-order valence-corrected chi connectivity index (χ3v) is 10.5. The minimum atomic E-state index is -0.166. The summed E-state index contributed by atoms with van der Waals surface area (Å²) in [6.45, 7) is 10.7. The number of unbranched alkanes of at least 4 members (excludes halogenated alkanes) is 2. The van der Waals surface area contributed by atoms with Crippen LogP contribution < -0.4 is 20.5 Å². The molecule has 232 valence electrons. The van der Waals surface area contributed by atoms with Gasteiger partial charge in [-0.1, -0.05) is 82.5 Å². The number of ether oxygens (including phenoxy) is 2. The molecular weight excluding hydrogens is 532 g/mol. The van der Waals surface area contributed by atoms with Gasteiger partial charge in [-0.05, 0) is 77.7 Å². The van der Waals surface area contributed by atoms with Crippen molar-refractivity contribution < 1.29 is 14.3 Å². The number of amides is 1. The van der Waals surface area contributed by atoms with Crippen LogP contribution in [0.1, 0.15) is 101 Å². The van der Waals surface area contributed by atoms with Crippen molar-refractivity contribution >= 4 is 5.91 Å². The molecule has 5 nitrogen and oxygen atoms in total. The Morgan fingerprint density at radius 2 is 1.79 bits per heavy atom. The minimum Gasteiger partial charge on any atom is -0.496 e. The van der Waals surface area contributed by atoms with Crippen molar-refractivity contribution in [2.75, 3.05) is 27.3 Å². The predicted molar refractivity (Wildman–Crippen MR) is 177 cm³/mol. The number of hydrogen-bond acceptors (Lipinski definition) is 4. The van der Waals surface area contributed by atoms with Crippen LogP contribution in [0.25, 0.3) is 0 Å². The maximum Gasteiger partial charge on any atom is 0.221 e. The quantitative estimate of drug-likeness (QED) is 0.129. The number of hydrogen-bond donors (Lipinski definition) is 2. The summed E-state index contributed by atoms with van der Waals surface area (Å²) in [7, 11) is 3.54. The number of benzene rings is 2. The van der Waals surface area contributed by atoms with Crippen LogP contribution in [0.15, 0.2) is 54.1 Å². The smallest absolute Gasteiger partial charge is 0.221 e. The van der Waals surface area contributed by atoms with Crippen LogP contribution in [0.2, 0.25) is 0 Å². The number of carbonyl (C=O) groups is 1. The van der Waals surface area contributed by atoms with Gasteiger partial charge in [0.25, 0.3) is 0 Å². The van der Waals surface area contributed by atoms with Crippen LogP contribution in [-0.4, -0.2) is 33.2 Å². The Hall–Kier alpha value is -3.23. The predicted octanol–water partition coefficient (Wildman–Crippen LogP) is 7.50. The van der Waals surface area contributed by atoms with E-state index in [-0.39, 0.29) is 22.7 Å². The lowest BCUT2D eigenvalue weighted by atomic mass is 9.45. The van der Waals surface area contributed by atoms with E-state index in [0.717, 1.165) is 55.7 Å². The highest BCUT2D eigenvalue weighted by Gasteiger charge is 2.56. The third kappa shape index (κ3) is 6.80. The molecule has 4 atom stereocenters. The van der Waals surface area contributed by atoms with Crippen molar-refractivity contribution in [2.45, 2.75) is 89.9 Å². The van der Waals surface area contributed by atoms with Crippen molar-refractivity contribution in [1.82, 2.24) is 5.32 Å². The monoisotopic (exact) mass is 584 g/mol. The van der Waals surface area contributed by atoms with E-state index in [0.29, 0.717) is 37.1 Å². The van der Waals surface area contributed by atoms with E-state index < -0.39 is 0 Å². The molecule has 3 unspecified atom stereocenters. The Morgan fingerprint density at radius 1 is 1.12 bits per heavy atom. The number of methoxy groups -OCH3 is 2. The Bertz CT molecular complexity index is 1300. The first kappa shape index (κ1) is 32.7. The Kier molecular flexibility index (Phi) is 10.7. The molecule has 1 saturated carbocycles. The van der Waals surface area contributed by atoms with Crippen molar-refractivity contribution in [2.24, 2.45) is 23.0 Å². The largest absolute Gasteiger partial charge is 0.496 e. The summed E-state index contributed by atoms with van der Waals surface area (Å²) < 4.78 is 12.4. The summed E-state index contributed by atoms with van der Waals surface area (Å²) in [5, 5.41) is 3.12. The molecule has 43 heavy (non-hydrogen) atoms. The van der Waals surface area contributed by atoms with Gasteiger partial charge in [-0.3, -0.25) is 4.79 Å². The molecule has 3 aliphatic rings. The first-order valence-corrected chi connectivity index (χ1v) is 16.0. The summed E-state index contributed by atoms with van der Waals surface area (Å²) in [4.78, 5) is 12.4. The molecule has 2 aromatic carbocycles. The molecule has 0 saturated heterocycles. The number of carbonyl (C=O) groups excluding carboxylic acids is 1. The van der Waals surface area contributed by atoms with Gasteiger partial charge in [-0.25, -0.2) is 0 Å². The molecule has 0 aliphatic heterocycles. The zero-order valence-corrected chi connectivity index (χ0v) is 27.2. The normalized spacial score (nSPS) is 21.2. The minimum absolute atomic E-state index is 0.00685. The second-order valence-electron chi connectivity index (χ2n) is 13.6. The third-order valence-electron chi connectivity index (χ3n) is 10.5. The summed E-state index contributed by atoms with van der Waals surface area (Å²) in [6.07, 6.45) is 14.1. The van der Waals surface area contributed by atoms with E-state index >= 15 is 0 Å². The number of allylic oxidation sites excluding steroid dienone is 1. The van der Waals surface area contributed by atoms with Gasteiger partial charge in [0.05, 0.1) is 14.2 Å². The Morgan fingerprint density at radius 3 is 2.37 bits per heavy atom. The lowest BCUT2D eigenvalue weighted by molar-refractivity contribution is -0.121. The average Bonchev–Trinajstić information content (AvgIpc) is 3.01. The van der Waals surface area contributed by atoms with Crippen molar-refractivity contribution in [1.29, 1.82) is 0 Å². The summed E-state index contributed by atoms with van der Waals surface area (Å²) in [5.74, 6) is 5.71. The average molecular weight is 585 g/mol. The van der Waals surface area contributed by atoms with Crippen molar-refractivity contribution in [3.05, 3.63) is 70.8 Å². The van der Waals surface area contributed by atoms with Gasteiger partial charge in [0, 0.05) is 30.9 Å². The Labute approximate surface area is 260 Å². The van der Waals surface area contributed by atoms with Gasteiger partial charge in [0.15, 0.2) is 0 Å². The molecule has 3 N–H and O–H groups in total. The van der Waals surface area contributed by atoms with Gasteiger partial charge in [0.2, 0.25) is 5.91 Å². The SMILES string of the molecule is C#CCCC(=O)NCC1=CC(c2c(OC)cc(C(C)(C)C(CCCCCN)c3ccccc3)cc2OC)[C@@H]2CC1C2(C)C. The molecule has 5 rings (SSSR count). The fraction of sp³-hybridized carbons (Fsp3) is 0.553. The molecular formula is C38H52N2O3. The summed E-state index contributed by atoms with van der Waals surface area (Å²) >= 11 is 0. The standard InChI is InChI=1S/C38H52N2O3/c1-8-9-19-35(41)40-25-27-21-29(32-24-31(27)38(32,4)5)36-33(42-6)22-28(23-34(36)43-7)37(2,3)30(18-14-11-15-20-39)26-16-12-10-13-17-26/h1,10,12-13,16-17,21-23,29-32H,9,11,14-15,18-20,24-25,39H2,2-7H3,(H,40,41)/t29?,30?,31?,32-/m0/s1. The van der Waals surface area contributed by atoms with E-state index in [1.165, 1.54) is 16.7 Å². The number of nitrogens with two attached hydrogens (primary N) is 1. The summed E-state index contributed by atoms with van der Waals surface area (Å²) in [5.41, 5.74) is 10.7. The second kappa shape index (κ2) is 14.0. The highest BCUT2D eigenvalue weighted by Crippen LogP contribution is 2.65.